The van der Waals surface area contributed by atoms with Gasteiger partial charge in [0, 0.05) is 5.02 Å². The SMILES string of the molecule is O=C(CN1C(=O)C2CCCCC2C1=O)Nc1nc2ccc(Cl)cc2s1. The van der Waals surface area contributed by atoms with Gasteiger partial charge in [0.15, 0.2) is 5.13 Å². The summed E-state index contributed by atoms with van der Waals surface area (Å²) in [5, 5.41) is 3.71. The first kappa shape index (κ1) is 16.5. The van der Waals surface area contributed by atoms with E-state index in [1.807, 2.05) is 0 Å². The number of rotatable bonds is 3. The molecule has 1 aromatic heterocycles. The molecule has 1 saturated carbocycles. The minimum Gasteiger partial charge on any atom is -0.300 e. The molecule has 1 saturated heterocycles. The number of hydrogen-bond donors (Lipinski definition) is 1. The van der Waals surface area contributed by atoms with Crippen LogP contribution in [0.2, 0.25) is 5.02 Å². The van der Waals surface area contributed by atoms with Gasteiger partial charge in [0.1, 0.15) is 6.54 Å². The average Bonchev–Trinajstić information content (AvgIpc) is 3.09. The van der Waals surface area contributed by atoms with Crippen molar-refractivity contribution in [3.8, 4) is 0 Å². The second-order valence-corrected chi connectivity index (χ2v) is 7.91. The summed E-state index contributed by atoms with van der Waals surface area (Å²) >= 11 is 7.25. The quantitative estimate of drug-likeness (QED) is 0.834. The third-order valence-electron chi connectivity index (χ3n) is 4.83. The first-order valence-electron chi connectivity index (χ1n) is 8.24. The van der Waals surface area contributed by atoms with Gasteiger partial charge >= 0.3 is 0 Å². The summed E-state index contributed by atoms with van der Waals surface area (Å²) in [4.78, 5) is 42.5. The molecule has 2 aliphatic rings. The molecule has 2 heterocycles. The highest BCUT2D eigenvalue weighted by Gasteiger charge is 2.48. The first-order valence-corrected chi connectivity index (χ1v) is 9.43. The number of likely N-dealkylation sites (tertiary alicyclic amines) is 1. The normalized spacial score (nSPS) is 23.2. The fourth-order valence-electron chi connectivity index (χ4n) is 3.64. The molecule has 3 amide bonds. The molecular weight excluding hydrogens is 362 g/mol. The Balaban J connectivity index is 1.46. The molecule has 0 radical (unpaired) electrons. The molecule has 0 bridgehead atoms. The van der Waals surface area contributed by atoms with E-state index in [0.29, 0.717) is 10.2 Å². The molecule has 2 aromatic rings. The van der Waals surface area contributed by atoms with Crippen LogP contribution in [0.5, 0.6) is 0 Å². The van der Waals surface area contributed by atoms with Crippen LogP contribution in [0.4, 0.5) is 5.13 Å². The van der Waals surface area contributed by atoms with E-state index in [1.165, 1.54) is 11.3 Å². The summed E-state index contributed by atoms with van der Waals surface area (Å²) in [7, 11) is 0. The Morgan fingerprint density at radius 2 is 1.92 bits per heavy atom. The number of nitrogens with one attached hydrogen (secondary N) is 1. The third-order valence-corrected chi connectivity index (χ3v) is 6.00. The van der Waals surface area contributed by atoms with Crippen LogP contribution in [0.3, 0.4) is 0 Å². The van der Waals surface area contributed by atoms with Gasteiger partial charge in [-0.05, 0) is 31.0 Å². The molecule has 0 spiro atoms. The van der Waals surface area contributed by atoms with Crippen molar-refractivity contribution in [2.45, 2.75) is 25.7 Å². The van der Waals surface area contributed by atoms with E-state index in [9.17, 15) is 14.4 Å². The third kappa shape index (κ3) is 3.02. The molecular formula is C17H16ClN3O3S. The van der Waals surface area contributed by atoms with Crippen molar-refractivity contribution in [1.29, 1.82) is 0 Å². The maximum Gasteiger partial charge on any atom is 0.246 e. The minimum atomic E-state index is -0.412. The van der Waals surface area contributed by atoms with Crippen molar-refractivity contribution in [2.75, 3.05) is 11.9 Å². The van der Waals surface area contributed by atoms with E-state index in [-0.39, 0.29) is 30.2 Å². The number of carbonyl (C=O) groups is 3. The summed E-state index contributed by atoms with van der Waals surface area (Å²) in [5.74, 6) is -1.30. The van der Waals surface area contributed by atoms with Gasteiger partial charge in [-0.3, -0.25) is 19.3 Å². The number of hydrogen-bond acceptors (Lipinski definition) is 5. The molecule has 1 aliphatic heterocycles. The Morgan fingerprint density at radius 3 is 2.60 bits per heavy atom. The molecule has 25 heavy (non-hydrogen) atoms. The van der Waals surface area contributed by atoms with Crippen molar-refractivity contribution >= 4 is 56.0 Å². The number of benzene rings is 1. The highest BCUT2D eigenvalue weighted by Crippen LogP contribution is 2.38. The van der Waals surface area contributed by atoms with Crippen molar-refractivity contribution in [1.82, 2.24) is 9.88 Å². The number of anilines is 1. The molecule has 130 valence electrons. The predicted octanol–water partition coefficient (Wildman–Crippen LogP) is 3.06. The predicted molar refractivity (Wildman–Crippen MR) is 95.4 cm³/mol. The fraction of sp³-hybridized carbons (Fsp3) is 0.412. The van der Waals surface area contributed by atoms with Crippen LogP contribution in [0.15, 0.2) is 18.2 Å². The number of imide groups is 1. The second-order valence-electron chi connectivity index (χ2n) is 6.44. The molecule has 1 aliphatic carbocycles. The van der Waals surface area contributed by atoms with Gasteiger partial charge in [-0.25, -0.2) is 4.98 Å². The van der Waals surface area contributed by atoms with Crippen molar-refractivity contribution in [3.63, 3.8) is 0 Å². The van der Waals surface area contributed by atoms with E-state index in [0.717, 1.165) is 40.8 Å². The largest absolute Gasteiger partial charge is 0.300 e. The smallest absolute Gasteiger partial charge is 0.246 e. The van der Waals surface area contributed by atoms with Crippen LogP contribution in [0, 0.1) is 11.8 Å². The van der Waals surface area contributed by atoms with Gasteiger partial charge in [0.05, 0.1) is 22.1 Å². The Morgan fingerprint density at radius 1 is 1.24 bits per heavy atom. The van der Waals surface area contributed by atoms with Crippen molar-refractivity contribution in [2.24, 2.45) is 11.8 Å². The van der Waals surface area contributed by atoms with Gasteiger partial charge < -0.3 is 5.32 Å². The highest BCUT2D eigenvalue weighted by atomic mass is 35.5. The number of amides is 3. The Kier molecular flexibility index (Phi) is 4.21. The Bertz CT molecular complexity index is 857. The number of carbonyl (C=O) groups excluding carboxylic acids is 3. The molecule has 4 rings (SSSR count). The fourth-order valence-corrected chi connectivity index (χ4v) is 4.80. The molecule has 2 fully saturated rings. The standard InChI is InChI=1S/C17H16ClN3O3S/c18-9-5-6-12-13(7-9)25-17(19-12)20-14(22)8-21-15(23)10-3-1-2-4-11(10)16(21)24/h5-7,10-11H,1-4,8H2,(H,19,20,22). The first-order chi connectivity index (χ1) is 12.0. The molecule has 8 heteroatoms. The van der Waals surface area contributed by atoms with Crippen molar-refractivity contribution in [3.05, 3.63) is 23.2 Å². The molecule has 1 N–H and O–H groups in total. The van der Waals surface area contributed by atoms with Gasteiger partial charge in [0.25, 0.3) is 0 Å². The van der Waals surface area contributed by atoms with Crippen LogP contribution in [-0.4, -0.2) is 34.2 Å². The lowest BCUT2D eigenvalue weighted by Gasteiger charge is -2.19. The summed E-state index contributed by atoms with van der Waals surface area (Å²) in [6, 6.07) is 5.29. The molecule has 1 aromatic carbocycles. The van der Waals surface area contributed by atoms with Gasteiger partial charge in [0.2, 0.25) is 17.7 Å². The average molecular weight is 378 g/mol. The topological polar surface area (TPSA) is 79.4 Å². The number of aromatic nitrogens is 1. The van der Waals surface area contributed by atoms with E-state index < -0.39 is 5.91 Å². The van der Waals surface area contributed by atoms with Crippen LogP contribution < -0.4 is 5.32 Å². The summed E-state index contributed by atoms with van der Waals surface area (Å²) in [5.41, 5.74) is 0.740. The van der Waals surface area contributed by atoms with Gasteiger partial charge in [-0.15, -0.1) is 0 Å². The van der Waals surface area contributed by atoms with Crippen LogP contribution in [0.1, 0.15) is 25.7 Å². The summed E-state index contributed by atoms with van der Waals surface area (Å²) < 4.78 is 0.863. The van der Waals surface area contributed by atoms with Crippen LogP contribution >= 0.6 is 22.9 Å². The van der Waals surface area contributed by atoms with Crippen molar-refractivity contribution < 1.29 is 14.4 Å². The summed E-state index contributed by atoms with van der Waals surface area (Å²) in [6.07, 6.45) is 3.42. The van der Waals surface area contributed by atoms with Crippen LogP contribution in [-0.2, 0) is 14.4 Å². The number of thiazole rings is 1. The molecule has 2 unspecified atom stereocenters. The maximum atomic E-state index is 12.4. The second kappa shape index (κ2) is 6.38. The van der Waals surface area contributed by atoms with E-state index >= 15 is 0 Å². The zero-order valence-corrected chi connectivity index (χ0v) is 14.9. The van der Waals surface area contributed by atoms with Crippen LogP contribution in [0.25, 0.3) is 10.2 Å². The summed E-state index contributed by atoms with van der Waals surface area (Å²) in [6.45, 7) is -0.249. The van der Waals surface area contributed by atoms with E-state index in [2.05, 4.69) is 10.3 Å². The Labute approximate surface area is 153 Å². The lowest BCUT2D eigenvalue weighted by atomic mass is 9.81. The lowest BCUT2D eigenvalue weighted by molar-refractivity contribution is -0.142. The van der Waals surface area contributed by atoms with E-state index in [1.54, 1.807) is 18.2 Å². The highest BCUT2D eigenvalue weighted by molar-refractivity contribution is 7.22. The number of halogens is 1. The Hall–Kier alpha value is -1.99. The zero-order valence-electron chi connectivity index (χ0n) is 13.3. The zero-order chi connectivity index (χ0) is 17.6. The van der Waals surface area contributed by atoms with E-state index in [4.69, 9.17) is 11.6 Å². The minimum absolute atomic E-state index is 0.207. The lowest BCUT2D eigenvalue weighted by Crippen LogP contribution is -2.38. The van der Waals surface area contributed by atoms with Gasteiger partial charge in [-0.2, -0.15) is 0 Å². The number of nitrogens with zero attached hydrogens (tertiary/aromatic N) is 2. The monoisotopic (exact) mass is 377 g/mol. The molecule has 2 atom stereocenters. The molecule has 6 nitrogen and oxygen atoms in total. The maximum absolute atomic E-state index is 12.4. The van der Waals surface area contributed by atoms with Gasteiger partial charge in [-0.1, -0.05) is 35.8 Å². The number of fused-ring (bicyclic) bond motifs is 2.